The summed E-state index contributed by atoms with van der Waals surface area (Å²) < 4.78 is 0. The molecule has 0 aliphatic heterocycles. The molecular weight excluding hydrogens is 214 g/mol. The Hall–Kier alpha value is -0.120. The van der Waals surface area contributed by atoms with Crippen LogP contribution in [0.3, 0.4) is 0 Å². The van der Waals surface area contributed by atoms with Crippen LogP contribution in [0.25, 0.3) is 0 Å². The van der Waals surface area contributed by atoms with Gasteiger partial charge >= 0.3 is 0 Å². The molecule has 0 atom stereocenters. The van der Waals surface area contributed by atoms with Gasteiger partial charge in [0.2, 0.25) is 0 Å². The maximum Gasteiger partial charge on any atom is 0.0771 e. The molecule has 17 heavy (non-hydrogen) atoms. The van der Waals surface area contributed by atoms with Gasteiger partial charge in [0.05, 0.1) is 12.2 Å². The van der Waals surface area contributed by atoms with E-state index in [1.54, 1.807) is 0 Å². The zero-order chi connectivity index (χ0) is 12.8. The smallest absolute Gasteiger partial charge is 0.0771 e. The van der Waals surface area contributed by atoms with Gasteiger partial charge in [-0.15, -0.1) is 0 Å². The van der Waals surface area contributed by atoms with Gasteiger partial charge in [0.15, 0.2) is 0 Å². The molecule has 1 saturated carbocycles. The van der Waals surface area contributed by atoms with Gasteiger partial charge < -0.3 is 15.5 Å². The second kappa shape index (κ2) is 6.72. The first-order valence-electron chi connectivity index (χ1n) is 7.18. The summed E-state index contributed by atoms with van der Waals surface area (Å²) in [6.07, 6.45) is 8.34. The van der Waals surface area contributed by atoms with E-state index in [2.05, 4.69) is 19.2 Å². The summed E-state index contributed by atoms with van der Waals surface area (Å²) in [7, 11) is 0. The number of rotatable bonds is 6. The summed E-state index contributed by atoms with van der Waals surface area (Å²) in [4.78, 5) is 0. The lowest BCUT2D eigenvalue weighted by Crippen LogP contribution is -2.53. The predicted octanol–water partition coefficient (Wildman–Crippen LogP) is 2.21. The van der Waals surface area contributed by atoms with Crippen molar-refractivity contribution < 1.29 is 10.2 Å². The van der Waals surface area contributed by atoms with E-state index in [1.807, 2.05) is 0 Å². The van der Waals surface area contributed by atoms with Crippen LogP contribution >= 0.6 is 0 Å². The van der Waals surface area contributed by atoms with Crippen LogP contribution in [0.2, 0.25) is 0 Å². The number of hydrogen-bond donors (Lipinski definition) is 3. The maximum atomic E-state index is 10.6. The van der Waals surface area contributed by atoms with Crippen molar-refractivity contribution in [3.8, 4) is 0 Å². The van der Waals surface area contributed by atoms with Crippen molar-refractivity contribution >= 4 is 0 Å². The molecule has 1 aliphatic carbocycles. The largest absolute Gasteiger partial charge is 0.394 e. The maximum absolute atomic E-state index is 10.6. The van der Waals surface area contributed by atoms with Crippen LogP contribution < -0.4 is 5.32 Å². The summed E-state index contributed by atoms with van der Waals surface area (Å²) in [6, 6.07) is 0. The minimum Gasteiger partial charge on any atom is -0.394 e. The zero-order valence-corrected chi connectivity index (χ0v) is 11.5. The van der Waals surface area contributed by atoms with Gasteiger partial charge in [0, 0.05) is 12.1 Å². The van der Waals surface area contributed by atoms with Gasteiger partial charge in [-0.3, -0.25) is 0 Å². The molecule has 0 aromatic carbocycles. The predicted molar refractivity (Wildman–Crippen MR) is 71.1 cm³/mol. The average Bonchev–Trinajstić information content (AvgIpc) is 2.57. The van der Waals surface area contributed by atoms with Gasteiger partial charge in [-0.05, 0) is 25.7 Å². The molecule has 3 N–H and O–H groups in total. The summed E-state index contributed by atoms with van der Waals surface area (Å²) in [6.45, 7) is 4.94. The fourth-order valence-electron chi connectivity index (χ4n) is 2.69. The molecule has 0 saturated heterocycles. The number of nitrogens with one attached hydrogen (secondary N) is 1. The Morgan fingerprint density at radius 1 is 1.06 bits per heavy atom. The minimum absolute atomic E-state index is 0.149. The van der Waals surface area contributed by atoms with Crippen LogP contribution in [0.1, 0.15) is 65.2 Å². The summed E-state index contributed by atoms with van der Waals surface area (Å²) in [5.41, 5.74) is -0.761. The van der Waals surface area contributed by atoms with E-state index < -0.39 is 5.60 Å². The van der Waals surface area contributed by atoms with Crippen molar-refractivity contribution in [1.29, 1.82) is 0 Å². The highest BCUT2D eigenvalue weighted by atomic mass is 16.3. The van der Waals surface area contributed by atoms with E-state index in [4.69, 9.17) is 0 Å². The van der Waals surface area contributed by atoms with E-state index in [0.29, 0.717) is 6.54 Å². The van der Waals surface area contributed by atoms with E-state index >= 15 is 0 Å². The molecule has 3 heteroatoms. The average molecular weight is 243 g/mol. The molecule has 0 aromatic rings. The van der Waals surface area contributed by atoms with E-state index in [1.165, 1.54) is 12.8 Å². The third kappa shape index (κ3) is 4.23. The van der Waals surface area contributed by atoms with Crippen molar-refractivity contribution in [2.24, 2.45) is 0 Å². The van der Waals surface area contributed by atoms with E-state index in [9.17, 15) is 10.2 Å². The zero-order valence-electron chi connectivity index (χ0n) is 11.5. The van der Waals surface area contributed by atoms with Crippen LogP contribution in [-0.4, -0.2) is 34.5 Å². The third-order valence-corrected chi connectivity index (χ3v) is 4.48. The Kier molecular flexibility index (Phi) is 5.90. The topological polar surface area (TPSA) is 52.5 Å². The van der Waals surface area contributed by atoms with E-state index in [-0.39, 0.29) is 12.1 Å². The Labute approximate surface area is 106 Å². The van der Waals surface area contributed by atoms with Crippen LogP contribution in [0.4, 0.5) is 0 Å². The van der Waals surface area contributed by atoms with Crippen molar-refractivity contribution in [2.45, 2.75) is 76.4 Å². The lowest BCUT2D eigenvalue weighted by atomic mass is 9.89. The molecule has 1 fully saturated rings. The van der Waals surface area contributed by atoms with E-state index in [0.717, 1.165) is 38.5 Å². The quantitative estimate of drug-likeness (QED) is 0.627. The van der Waals surface area contributed by atoms with Gasteiger partial charge in [-0.25, -0.2) is 0 Å². The van der Waals surface area contributed by atoms with Crippen LogP contribution in [-0.2, 0) is 0 Å². The van der Waals surface area contributed by atoms with Gasteiger partial charge in [-0.1, -0.05) is 39.5 Å². The normalized spacial score (nSPS) is 21.2. The fourth-order valence-corrected chi connectivity index (χ4v) is 2.69. The van der Waals surface area contributed by atoms with Crippen molar-refractivity contribution in [3.63, 3.8) is 0 Å². The molecule has 0 amide bonds. The lowest BCUT2D eigenvalue weighted by molar-refractivity contribution is 0.0108. The second-order valence-corrected chi connectivity index (χ2v) is 5.64. The number of aliphatic hydroxyl groups is 2. The second-order valence-electron chi connectivity index (χ2n) is 5.64. The summed E-state index contributed by atoms with van der Waals surface area (Å²) in [5, 5.41) is 23.5. The lowest BCUT2D eigenvalue weighted by Gasteiger charge is -2.36. The SMILES string of the molecule is CCC(CC)(CO)NCC1(O)CCCCCC1. The first-order chi connectivity index (χ1) is 8.10. The molecule has 0 aromatic heterocycles. The van der Waals surface area contributed by atoms with Gasteiger partial charge in [0.25, 0.3) is 0 Å². The molecule has 1 aliphatic rings. The molecule has 1 rings (SSSR count). The highest BCUT2D eigenvalue weighted by Crippen LogP contribution is 2.27. The third-order valence-electron chi connectivity index (χ3n) is 4.48. The highest BCUT2D eigenvalue weighted by molar-refractivity contribution is 4.90. The summed E-state index contributed by atoms with van der Waals surface area (Å²) in [5.74, 6) is 0. The monoisotopic (exact) mass is 243 g/mol. The number of hydrogen-bond acceptors (Lipinski definition) is 3. The Bertz CT molecular complexity index is 198. The molecule has 0 unspecified atom stereocenters. The van der Waals surface area contributed by atoms with Gasteiger partial charge in [-0.2, -0.15) is 0 Å². The Morgan fingerprint density at radius 3 is 2.00 bits per heavy atom. The molecule has 0 heterocycles. The summed E-state index contributed by atoms with van der Waals surface area (Å²) >= 11 is 0. The van der Waals surface area contributed by atoms with Crippen molar-refractivity contribution in [1.82, 2.24) is 5.32 Å². The fraction of sp³-hybridized carbons (Fsp3) is 1.00. The van der Waals surface area contributed by atoms with Crippen molar-refractivity contribution in [2.75, 3.05) is 13.2 Å². The Balaban J connectivity index is 2.51. The van der Waals surface area contributed by atoms with Gasteiger partial charge in [0.1, 0.15) is 0 Å². The standard InChI is InChI=1S/C14H29NO2/c1-3-13(4-2,12-16)15-11-14(17)9-7-5-6-8-10-14/h15-17H,3-12H2,1-2H3. The van der Waals surface area contributed by atoms with Crippen LogP contribution in [0.15, 0.2) is 0 Å². The molecule has 0 radical (unpaired) electrons. The molecular formula is C14H29NO2. The Morgan fingerprint density at radius 2 is 1.59 bits per heavy atom. The molecule has 0 bridgehead atoms. The number of aliphatic hydroxyl groups excluding tert-OH is 1. The molecule has 0 spiro atoms. The first-order valence-corrected chi connectivity index (χ1v) is 7.18. The highest BCUT2D eigenvalue weighted by Gasteiger charge is 2.32. The molecule has 102 valence electrons. The minimum atomic E-state index is -0.554. The first kappa shape index (κ1) is 14.9. The van der Waals surface area contributed by atoms with Crippen LogP contribution in [0.5, 0.6) is 0 Å². The van der Waals surface area contributed by atoms with Crippen LogP contribution in [0, 0.1) is 0 Å². The molecule has 3 nitrogen and oxygen atoms in total. The number of β-amino-alcohol motifs (C(OH)–C–C–N with tert-alkyl or cyclic N) is 1. The van der Waals surface area contributed by atoms with Crippen molar-refractivity contribution in [3.05, 3.63) is 0 Å².